The average molecular weight is 362 g/mol. The van der Waals surface area contributed by atoms with Crippen molar-refractivity contribution < 1.29 is 8.42 Å². The molecule has 9 heteroatoms. The fourth-order valence-corrected chi connectivity index (χ4v) is 3.62. The zero-order valence-electron chi connectivity index (χ0n) is 14.3. The maximum atomic E-state index is 11.5. The van der Waals surface area contributed by atoms with Gasteiger partial charge in [-0.1, -0.05) is 6.92 Å². The largest absolute Gasteiger partial charge is 0.357 e. The predicted molar refractivity (Wildman–Crippen MR) is 96.4 cm³/mol. The molecule has 0 atom stereocenters. The molecule has 0 unspecified atom stereocenters. The molecule has 1 aromatic rings. The van der Waals surface area contributed by atoms with Crippen molar-refractivity contribution in [3.8, 4) is 0 Å². The first-order valence-corrected chi connectivity index (χ1v) is 10.4. The van der Waals surface area contributed by atoms with Gasteiger partial charge < -0.3 is 10.6 Å². The molecular weight excluding hydrogens is 334 g/mol. The summed E-state index contributed by atoms with van der Waals surface area (Å²) in [5.41, 5.74) is 0. The van der Waals surface area contributed by atoms with Crippen molar-refractivity contribution in [3.05, 3.63) is 16.1 Å². The van der Waals surface area contributed by atoms with Crippen molar-refractivity contribution in [2.75, 3.05) is 32.4 Å². The van der Waals surface area contributed by atoms with E-state index < -0.39 is 10.0 Å². The van der Waals surface area contributed by atoms with E-state index in [0.29, 0.717) is 26.2 Å². The molecule has 7 nitrogen and oxygen atoms in total. The SMILES string of the molecule is CCNC(=NCc1ncc(C)s1)NCCCN(CC)S(C)(=O)=O. The minimum absolute atomic E-state index is 0.496. The molecular formula is C14H27N5O2S2. The Labute approximate surface area is 143 Å². The number of aryl methyl sites for hydroxylation is 1. The Bertz CT molecular complexity index is 598. The number of guanidine groups is 1. The van der Waals surface area contributed by atoms with Gasteiger partial charge in [-0.05, 0) is 20.3 Å². The lowest BCUT2D eigenvalue weighted by atomic mass is 10.4. The van der Waals surface area contributed by atoms with Crippen LogP contribution in [0.25, 0.3) is 0 Å². The molecule has 132 valence electrons. The van der Waals surface area contributed by atoms with Gasteiger partial charge in [-0.3, -0.25) is 0 Å². The number of rotatable bonds is 9. The van der Waals surface area contributed by atoms with Crippen molar-refractivity contribution in [3.63, 3.8) is 0 Å². The molecule has 0 radical (unpaired) electrons. The Morgan fingerprint density at radius 1 is 1.39 bits per heavy atom. The van der Waals surface area contributed by atoms with E-state index in [1.807, 2.05) is 27.0 Å². The highest BCUT2D eigenvalue weighted by Gasteiger charge is 2.13. The Hall–Kier alpha value is -1.19. The highest BCUT2D eigenvalue weighted by atomic mass is 32.2. The Morgan fingerprint density at radius 3 is 2.65 bits per heavy atom. The molecule has 0 aromatic carbocycles. The summed E-state index contributed by atoms with van der Waals surface area (Å²) in [5, 5.41) is 7.38. The second kappa shape index (κ2) is 9.84. The van der Waals surface area contributed by atoms with Gasteiger partial charge >= 0.3 is 0 Å². The monoisotopic (exact) mass is 361 g/mol. The Kier molecular flexibility index (Phi) is 8.49. The number of aliphatic imine (C=N–C) groups is 1. The molecule has 23 heavy (non-hydrogen) atoms. The van der Waals surface area contributed by atoms with E-state index in [1.54, 1.807) is 11.3 Å². The van der Waals surface area contributed by atoms with E-state index in [4.69, 9.17) is 0 Å². The van der Waals surface area contributed by atoms with Crippen LogP contribution < -0.4 is 10.6 Å². The fraction of sp³-hybridized carbons (Fsp3) is 0.714. The molecule has 0 aliphatic heterocycles. The summed E-state index contributed by atoms with van der Waals surface area (Å²) in [6.45, 7) is 8.85. The second-order valence-corrected chi connectivity index (χ2v) is 8.40. The summed E-state index contributed by atoms with van der Waals surface area (Å²) in [6, 6.07) is 0. The molecule has 0 bridgehead atoms. The zero-order valence-corrected chi connectivity index (χ0v) is 15.9. The molecule has 0 amide bonds. The van der Waals surface area contributed by atoms with Gasteiger partial charge in [-0.15, -0.1) is 11.3 Å². The normalized spacial score (nSPS) is 12.7. The van der Waals surface area contributed by atoms with E-state index >= 15 is 0 Å². The average Bonchev–Trinajstić information content (AvgIpc) is 2.88. The third kappa shape index (κ3) is 7.76. The van der Waals surface area contributed by atoms with Crippen LogP contribution in [0.5, 0.6) is 0 Å². The van der Waals surface area contributed by atoms with Gasteiger partial charge in [-0.25, -0.2) is 22.7 Å². The summed E-state index contributed by atoms with van der Waals surface area (Å²) < 4.78 is 24.5. The van der Waals surface area contributed by atoms with Gasteiger partial charge in [-0.2, -0.15) is 0 Å². The van der Waals surface area contributed by atoms with E-state index in [-0.39, 0.29) is 0 Å². The quantitative estimate of drug-likeness (QED) is 0.392. The number of nitrogens with zero attached hydrogens (tertiary/aromatic N) is 3. The van der Waals surface area contributed by atoms with Gasteiger partial charge in [0.2, 0.25) is 10.0 Å². The molecule has 0 spiro atoms. The molecule has 2 N–H and O–H groups in total. The Morgan fingerprint density at radius 2 is 2.13 bits per heavy atom. The maximum absolute atomic E-state index is 11.5. The molecule has 0 fully saturated rings. The van der Waals surface area contributed by atoms with Gasteiger partial charge in [0.1, 0.15) is 5.01 Å². The van der Waals surface area contributed by atoms with E-state index in [9.17, 15) is 8.42 Å². The summed E-state index contributed by atoms with van der Waals surface area (Å²) >= 11 is 1.64. The maximum Gasteiger partial charge on any atom is 0.211 e. The van der Waals surface area contributed by atoms with Gasteiger partial charge in [0.05, 0.1) is 12.8 Å². The van der Waals surface area contributed by atoms with Crippen LogP contribution in [0.1, 0.15) is 30.2 Å². The highest BCUT2D eigenvalue weighted by molar-refractivity contribution is 7.88. The van der Waals surface area contributed by atoms with Crippen molar-refractivity contribution in [2.24, 2.45) is 4.99 Å². The summed E-state index contributed by atoms with van der Waals surface area (Å²) in [6.07, 6.45) is 3.81. The smallest absolute Gasteiger partial charge is 0.211 e. The van der Waals surface area contributed by atoms with E-state index in [1.165, 1.54) is 15.4 Å². The number of sulfonamides is 1. The van der Waals surface area contributed by atoms with Crippen LogP contribution in [-0.2, 0) is 16.6 Å². The van der Waals surface area contributed by atoms with Crippen molar-refractivity contribution in [2.45, 2.75) is 33.7 Å². The molecule has 1 aromatic heterocycles. The molecule has 1 rings (SSSR count). The minimum Gasteiger partial charge on any atom is -0.357 e. The summed E-state index contributed by atoms with van der Waals surface area (Å²) in [5.74, 6) is 0.725. The second-order valence-electron chi connectivity index (χ2n) is 5.09. The van der Waals surface area contributed by atoms with Crippen LogP contribution in [0, 0.1) is 6.92 Å². The lowest BCUT2D eigenvalue weighted by Crippen LogP contribution is -2.39. The first-order chi connectivity index (χ1) is 10.9. The molecule has 0 aliphatic carbocycles. The minimum atomic E-state index is -3.12. The lowest BCUT2D eigenvalue weighted by Gasteiger charge is -2.18. The van der Waals surface area contributed by atoms with Crippen LogP contribution in [0.4, 0.5) is 0 Å². The first-order valence-electron chi connectivity index (χ1n) is 7.75. The summed E-state index contributed by atoms with van der Waals surface area (Å²) in [4.78, 5) is 9.96. The fourth-order valence-electron chi connectivity index (χ4n) is 1.98. The third-order valence-electron chi connectivity index (χ3n) is 3.08. The lowest BCUT2D eigenvalue weighted by molar-refractivity contribution is 0.424. The summed E-state index contributed by atoms with van der Waals surface area (Å²) in [7, 11) is -3.12. The highest BCUT2D eigenvalue weighted by Crippen LogP contribution is 2.11. The van der Waals surface area contributed by atoms with E-state index in [0.717, 1.165) is 23.9 Å². The molecule has 1 heterocycles. The van der Waals surface area contributed by atoms with Crippen LogP contribution >= 0.6 is 11.3 Å². The topological polar surface area (TPSA) is 86.7 Å². The standard InChI is InChI=1S/C14H27N5O2S2/c1-5-15-14(18-11-13-17-10-12(3)22-13)16-8-7-9-19(6-2)23(4,20)21/h10H,5-9,11H2,1-4H3,(H2,15,16,18). The zero-order chi connectivity index (χ0) is 17.3. The molecule has 0 saturated heterocycles. The number of hydrogen-bond acceptors (Lipinski definition) is 5. The van der Waals surface area contributed by atoms with Gasteiger partial charge in [0.15, 0.2) is 5.96 Å². The van der Waals surface area contributed by atoms with E-state index in [2.05, 4.69) is 20.6 Å². The van der Waals surface area contributed by atoms with Gasteiger partial charge in [0.25, 0.3) is 0 Å². The number of aromatic nitrogens is 1. The molecule has 0 aliphatic rings. The first kappa shape index (κ1) is 19.9. The van der Waals surface area contributed by atoms with Crippen LogP contribution in [0.15, 0.2) is 11.2 Å². The van der Waals surface area contributed by atoms with Crippen LogP contribution in [-0.4, -0.2) is 56.1 Å². The van der Waals surface area contributed by atoms with Crippen LogP contribution in [0.3, 0.4) is 0 Å². The third-order valence-corrected chi connectivity index (χ3v) is 5.36. The van der Waals surface area contributed by atoms with Crippen molar-refractivity contribution in [1.29, 1.82) is 0 Å². The Balaban J connectivity index is 2.44. The number of thiazole rings is 1. The number of nitrogens with one attached hydrogen (secondary N) is 2. The predicted octanol–water partition coefficient (Wildman–Crippen LogP) is 1.18. The molecule has 0 saturated carbocycles. The number of hydrogen-bond donors (Lipinski definition) is 2. The van der Waals surface area contributed by atoms with Crippen LogP contribution in [0.2, 0.25) is 0 Å². The van der Waals surface area contributed by atoms with Crippen molar-refractivity contribution in [1.82, 2.24) is 19.9 Å². The van der Waals surface area contributed by atoms with Crippen molar-refractivity contribution >= 4 is 27.3 Å². The van der Waals surface area contributed by atoms with Gasteiger partial charge in [0, 0.05) is 37.3 Å².